The summed E-state index contributed by atoms with van der Waals surface area (Å²) in [5.74, 6) is 0.799. The van der Waals surface area contributed by atoms with Crippen LogP contribution in [0.25, 0.3) is 17.0 Å². The molecule has 32 heavy (non-hydrogen) atoms. The number of aliphatic imine (C=N–C) groups is 1. The molecule has 1 aromatic carbocycles. The maximum absolute atomic E-state index is 12.4. The minimum Gasteiger partial charge on any atom is -0.497 e. The molecule has 1 aliphatic heterocycles. The zero-order chi connectivity index (χ0) is 22.8. The van der Waals surface area contributed by atoms with Gasteiger partial charge in [-0.05, 0) is 55.5 Å². The zero-order valence-corrected chi connectivity index (χ0v) is 19.6. The number of aryl methyl sites for hydroxylation is 2. The van der Waals surface area contributed by atoms with Gasteiger partial charge in [0, 0.05) is 55.8 Å². The molecule has 172 valence electrons. The molecule has 6 nitrogen and oxygen atoms in total. The molecule has 0 saturated carbocycles. The van der Waals surface area contributed by atoms with Crippen LogP contribution in [0.15, 0.2) is 41.5 Å². The summed E-state index contributed by atoms with van der Waals surface area (Å²) in [6.45, 7) is 4.58. The Balaban J connectivity index is 1.60. The molecule has 6 heteroatoms. The Morgan fingerprint density at radius 3 is 2.88 bits per heavy atom. The highest BCUT2D eigenvalue weighted by molar-refractivity contribution is 5.94. The third kappa shape index (κ3) is 6.25. The van der Waals surface area contributed by atoms with Gasteiger partial charge in [0.1, 0.15) is 12.4 Å². The largest absolute Gasteiger partial charge is 0.497 e. The van der Waals surface area contributed by atoms with E-state index in [4.69, 9.17) is 4.74 Å². The number of hydrogen-bond donors (Lipinski definition) is 1. The Morgan fingerprint density at radius 1 is 1.25 bits per heavy atom. The van der Waals surface area contributed by atoms with Crippen LogP contribution < -0.4 is 10.1 Å². The molecular weight excluding hydrogens is 400 g/mol. The average molecular weight is 437 g/mol. The summed E-state index contributed by atoms with van der Waals surface area (Å²) in [5, 5.41) is 4.25. The molecule has 0 fully saturated rings. The van der Waals surface area contributed by atoms with E-state index in [0.717, 1.165) is 55.9 Å². The van der Waals surface area contributed by atoms with Gasteiger partial charge in [0.2, 0.25) is 5.91 Å². The zero-order valence-electron chi connectivity index (χ0n) is 19.6. The topological polar surface area (TPSA) is 58.9 Å². The summed E-state index contributed by atoms with van der Waals surface area (Å²) in [6.07, 6.45) is 16.0. The number of rotatable bonds is 12. The number of methoxy groups -OCH3 is 1. The van der Waals surface area contributed by atoms with E-state index >= 15 is 0 Å². The fourth-order valence-electron chi connectivity index (χ4n) is 4.10. The fraction of sp³-hybridized carbons (Fsp3) is 0.462. The van der Waals surface area contributed by atoms with Gasteiger partial charge in [0.15, 0.2) is 0 Å². The number of nitrogens with zero attached hydrogens (tertiary/aromatic N) is 3. The first-order valence-corrected chi connectivity index (χ1v) is 11.7. The minimum absolute atomic E-state index is 0.0465. The smallest absolute Gasteiger partial charge is 0.244 e. The van der Waals surface area contributed by atoms with Gasteiger partial charge in [-0.3, -0.25) is 9.79 Å². The summed E-state index contributed by atoms with van der Waals surface area (Å²) in [4.78, 5) is 18.8. The number of allylic oxidation sites excluding steroid dienone is 1. The predicted octanol–water partition coefficient (Wildman–Crippen LogP) is 4.69. The van der Waals surface area contributed by atoms with Crippen LogP contribution in [0.2, 0.25) is 0 Å². The van der Waals surface area contributed by atoms with E-state index in [-0.39, 0.29) is 5.91 Å². The molecule has 2 aromatic rings. The van der Waals surface area contributed by atoms with Gasteiger partial charge in [0.25, 0.3) is 0 Å². The first-order valence-electron chi connectivity index (χ1n) is 11.7. The van der Waals surface area contributed by atoms with Crippen molar-refractivity contribution in [2.75, 3.05) is 26.9 Å². The van der Waals surface area contributed by atoms with Crippen molar-refractivity contribution in [1.82, 2.24) is 14.8 Å². The number of hydrogen-bond acceptors (Lipinski definition) is 4. The Hall–Kier alpha value is -3.02. The number of aromatic nitrogens is 1. The van der Waals surface area contributed by atoms with E-state index in [9.17, 15) is 4.79 Å². The van der Waals surface area contributed by atoms with Crippen LogP contribution in [0.1, 0.15) is 50.3 Å². The fourth-order valence-corrected chi connectivity index (χ4v) is 4.10. The average Bonchev–Trinajstić information content (AvgIpc) is 3.08. The molecule has 0 unspecified atom stereocenters. The molecule has 1 N–H and O–H groups in total. The van der Waals surface area contributed by atoms with Crippen molar-refractivity contribution in [3.63, 3.8) is 0 Å². The summed E-state index contributed by atoms with van der Waals surface area (Å²) in [7, 11) is 3.75. The first kappa shape index (κ1) is 23.6. The predicted molar refractivity (Wildman–Crippen MR) is 133 cm³/mol. The number of carbonyl (C=O) groups excluding carboxylic acids is 1. The van der Waals surface area contributed by atoms with Crippen LogP contribution in [0.5, 0.6) is 5.75 Å². The van der Waals surface area contributed by atoms with Crippen LogP contribution in [0.3, 0.4) is 0 Å². The normalized spacial score (nSPS) is 13.4. The van der Waals surface area contributed by atoms with Crippen molar-refractivity contribution in [3.05, 3.63) is 47.8 Å². The highest BCUT2D eigenvalue weighted by atomic mass is 16.5. The minimum atomic E-state index is -0.0465. The SMILES string of the molecule is CCCCCc1c(C=CC(=O)NCCCCN2C=CC=NC2)n(C)c2cc(OC)ccc12. The van der Waals surface area contributed by atoms with E-state index in [1.165, 1.54) is 23.8 Å². The second kappa shape index (κ2) is 12.1. The van der Waals surface area contributed by atoms with Crippen LogP contribution in [0.4, 0.5) is 0 Å². The van der Waals surface area contributed by atoms with Crippen LogP contribution >= 0.6 is 0 Å². The molecule has 0 atom stereocenters. The summed E-state index contributed by atoms with van der Waals surface area (Å²) in [6, 6.07) is 6.21. The Kier molecular flexibility index (Phi) is 8.96. The highest BCUT2D eigenvalue weighted by Gasteiger charge is 2.14. The molecule has 0 spiro atoms. The van der Waals surface area contributed by atoms with Crippen molar-refractivity contribution in [1.29, 1.82) is 0 Å². The van der Waals surface area contributed by atoms with Crippen LogP contribution in [0, 0.1) is 0 Å². The Morgan fingerprint density at radius 2 is 2.12 bits per heavy atom. The molecule has 3 rings (SSSR count). The van der Waals surface area contributed by atoms with Gasteiger partial charge in [0.05, 0.1) is 12.6 Å². The first-order chi connectivity index (χ1) is 15.6. The van der Waals surface area contributed by atoms with Gasteiger partial charge in [-0.25, -0.2) is 0 Å². The van der Waals surface area contributed by atoms with Crippen LogP contribution in [-0.4, -0.2) is 48.5 Å². The number of unbranched alkanes of at least 4 members (excludes halogenated alkanes) is 3. The maximum Gasteiger partial charge on any atom is 0.244 e. The van der Waals surface area contributed by atoms with E-state index in [0.29, 0.717) is 6.54 Å². The quantitative estimate of drug-likeness (QED) is 0.388. The van der Waals surface area contributed by atoms with Crippen LogP contribution in [-0.2, 0) is 18.3 Å². The molecule has 2 heterocycles. The van der Waals surface area contributed by atoms with Gasteiger partial charge in [-0.1, -0.05) is 19.8 Å². The number of amides is 1. The standard InChI is InChI=1S/C26H36N4O2/c1-4-5-6-10-22-23-12-11-21(32-3)19-25(23)29(2)24(22)13-14-26(31)28-16-7-8-17-30-18-9-15-27-20-30/h9,11-15,18-19H,4-8,10,16-17,20H2,1-3H3,(H,28,31). The van der Waals surface area contributed by atoms with Crippen molar-refractivity contribution in [2.24, 2.45) is 12.0 Å². The molecule has 0 radical (unpaired) electrons. The summed E-state index contributed by atoms with van der Waals surface area (Å²) >= 11 is 0. The van der Waals surface area contributed by atoms with Gasteiger partial charge in [-0.15, -0.1) is 0 Å². The van der Waals surface area contributed by atoms with E-state index < -0.39 is 0 Å². The molecule has 0 aliphatic carbocycles. The maximum atomic E-state index is 12.4. The van der Waals surface area contributed by atoms with Crippen molar-refractivity contribution in [3.8, 4) is 5.75 Å². The highest BCUT2D eigenvalue weighted by Crippen LogP contribution is 2.30. The molecule has 1 aliphatic rings. The number of carbonyl (C=O) groups is 1. The third-order valence-corrected chi connectivity index (χ3v) is 5.91. The van der Waals surface area contributed by atoms with Gasteiger partial charge < -0.3 is 19.5 Å². The van der Waals surface area contributed by atoms with Gasteiger partial charge >= 0.3 is 0 Å². The second-order valence-electron chi connectivity index (χ2n) is 8.22. The number of benzene rings is 1. The molecular formula is C26H36N4O2. The lowest BCUT2D eigenvalue weighted by molar-refractivity contribution is -0.116. The summed E-state index contributed by atoms with van der Waals surface area (Å²) < 4.78 is 7.58. The van der Waals surface area contributed by atoms with Crippen molar-refractivity contribution >= 4 is 29.1 Å². The van der Waals surface area contributed by atoms with Crippen molar-refractivity contribution in [2.45, 2.75) is 45.4 Å². The third-order valence-electron chi connectivity index (χ3n) is 5.91. The lowest BCUT2D eigenvalue weighted by Crippen LogP contribution is -2.24. The van der Waals surface area contributed by atoms with Crippen molar-refractivity contribution < 1.29 is 9.53 Å². The molecule has 0 saturated heterocycles. The van der Waals surface area contributed by atoms with E-state index in [1.807, 2.05) is 24.4 Å². The lowest BCUT2D eigenvalue weighted by atomic mass is 10.0. The lowest BCUT2D eigenvalue weighted by Gasteiger charge is -2.19. The van der Waals surface area contributed by atoms with E-state index in [2.05, 4.69) is 52.1 Å². The van der Waals surface area contributed by atoms with E-state index in [1.54, 1.807) is 13.2 Å². The Bertz CT molecular complexity index is 987. The summed E-state index contributed by atoms with van der Waals surface area (Å²) in [5.41, 5.74) is 3.53. The molecule has 1 aromatic heterocycles. The van der Waals surface area contributed by atoms with Gasteiger partial charge in [-0.2, -0.15) is 0 Å². The monoisotopic (exact) mass is 436 g/mol. The Labute approximate surface area is 191 Å². The number of fused-ring (bicyclic) bond motifs is 1. The second-order valence-corrected chi connectivity index (χ2v) is 8.22. The number of nitrogens with one attached hydrogen (secondary N) is 1. The molecule has 1 amide bonds. The number of ether oxygens (including phenoxy) is 1. The molecule has 0 bridgehead atoms.